The molecule has 0 aliphatic rings. The van der Waals surface area contributed by atoms with Crippen molar-refractivity contribution in [3.05, 3.63) is 55.6 Å². The van der Waals surface area contributed by atoms with E-state index >= 15 is 0 Å². The van der Waals surface area contributed by atoms with Crippen LogP contribution < -0.4 is 11.1 Å². The Morgan fingerprint density at radius 1 is 1.11 bits per heavy atom. The van der Waals surface area contributed by atoms with Gasteiger partial charge >= 0.3 is 0 Å². The Balaban J connectivity index is 2.23. The lowest BCUT2D eigenvalue weighted by molar-refractivity contribution is 0.102. The van der Waals surface area contributed by atoms with Crippen molar-refractivity contribution in [3.8, 4) is 0 Å². The fourth-order valence-electron chi connectivity index (χ4n) is 1.45. The van der Waals surface area contributed by atoms with Gasteiger partial charge < -0.3 is 11.1 Å². The summed E-state index contributed by atoms with van der Waals surface area (Å²) in [7, 11) is 0. The third-order valence-corrected chi connectivity index (χ3v) is 3.75. The third-order valence-electron chi connectivity index (χ3n) is 2.44. The Morgan fingerprint density at radius 3 is 2.47 bits per heavy atom. The predicted octanol–water partition coefficient (Wildman–Crippen LogP) is 4.43. The highest BCUT2D eigenvalue weighted by Gasteiger charge is 2.10. The number of nitrogens with one attached hydrogen (secondary N) is 1. The van der Waals surface area contributed by atoms with E-state index in [1.165, 1.54) is 6.07 Å². The van der Waals surface area contributed by atoms with Crippen molar-refractivity contribution < 1.29 is 4.79 Å². The third kappa shape index (κ3) is 3.52. The number of anilines is 2. The van der Waals surface area contributed by atoms with Crippen LogP contribution in [-0.2, 0) is 0 Å². The SMILES string of the molecule is Nc1ccc(C(=O)Nc2ccc(I)cc2Cl)cc1Cl. The molecule has 0 saturated heterocycles. The van der Waals surface area contributed by atoms with Crippen LogP contribution in [0.15, 0.2) is 36.4 Å². The van der Waals surface area contributed by atoms with Crippen molar-refractivity contribution in [2.75, 3.05) is 11.1 Å². The first kappa shape index (κ1) is 14.4. The summed E-state index contributed by atoms with van der Waals surface area (Å²) in [6.07, 6.45) is 0. The van der Waals surface area contributed by atoms with Crippen molar-refractivity contribution in [2.24, 2.45) is 0 Å². The number of halogens is 3. The molecule has 6 heteroatoms. The largest absolute Gasteiger partial charge is 0.398 e. The van der Waals surface area contributed by atoms with Crippen molar-refractivity contribution in [1.29, 1.82) is 0 Å². The monoisotopic (exact) mass is 406 g/mol. The lowest BCUT2D eigenvalue weighted by atomic mass is 10.2. The van der Waals surface area contributed by atoms with Gasteiger partial charge in [0, 0.05) is 9.13 Å². The second-order valence-electron chi connectivity index (χ2n) is 3.81. The molecule has 2 rings (SSSR count). The van der Waals surface area contributed by atoms with Gasteiger partial charge in [-0.3, -0.25) is 4.79 Å². The summed E-state index contributed by atoms with van der Waals surface area (Å²) in [5.41, 5.74) is 7.01. The zero-order valence-electron chi connectivity index (χ0n) is 9.58. The fourth-order valence-corrected chi connectivity index (χ4v) is 2.54. The molecule has 19 heavy (non-hydrogen) atoms. The second-order valence-corrected chi connectivity index (χ2v) is 5.87. The summed E-state index contributed by atoms with van der Waals surface area (Å²) in [4.78, 5) is 12.0. The first-order valence-corrected chi connectivity index (χ1v) is 7.12. The molecule has 0 saturated carbocycles. The molecule has 0 heterocycles. The van der Waals surface area contributed by atoms with Gasteiger partial charge in [0.1, 0.15) is 0 Å². The van der Waals surface area contributed by atoms with E-state index in [4.69, 9.17) is 28.9 Å². The Hall–Kier alpha value is -0.980. The van der Waals surface area contributed by atoms with Gasteiger partial charge in [-0.2, -0.15) is 0 Å². The molecule has 0 spiro atoms. The zero-order chi connectivity index (χ0) is 14.0. The Bertz CT molecular complexity index is 647. The molecule has 0 fully saturated rings. The molecule has 0 aliphatic heterocycles. The number of hydrogen-bond acceptors (Lipinski definition) is 2. The first-order valence-electron chi connectivity index (χ1n) is 5.29. The normalized spacial score (nSPS) is 10.3. The van der Waals surface area contributed by atoms with E-state index in [1.807, 2.05) is 6.07 Å². The summed E-state index contributed by atoms with van der Waals surface area (Å²) in [5.74, 6) is -0.287. The zero-order valence-corrected chi connectivity index (χ0v) is 13.3. The predicted molar refractivity (Wildman–Crippen MR) is 88.0 cm³/mol. The molecular formula is C13H9Cl2IN2O. The standard InChI is InChI=1S/C13H9Cl2IN2O/c14-9-5-7(1-3-11(9)17)13(19)18-12-4-2-8(16)6-10(12)15/h1-6H,17H2,(H,18,19). The van der Waals surface area contributed by atoms with Crippen molar-refractivity contribution in [3.63, 3.8) is 0 Å². The average molecular weight is 407 g/mol. The number of carbonyl (C=O) groups excluding carboxylic acids is 1. The molecule has 1 amide bonds. The van der Waals surface area contributed by atoms with E-state index in [9.17, 15) is 4.79 Å². The lowest BCUT2D eigenvalue weighted by Gasteiger charge is -2.08. The molecule has 3 N–H and O–H groups in total. The maximum atomic E-state index is 12.0. The highest BCUT2D eigenvalue weighted by atomic mass is 127. The van der Waals surface area contributed by atoms with Crippen LogP contribution in [0.2, 0.25) is 10.0 Å². The van der Waals surface area contributed by atoms with Crippen LogP contribution in [0.5, 0.6) is 0 Å². The number of amides is 1. The molecule has 0 unspecified atom stereocenters. The Kier molecular flexibility index (Phi) is 4.54. The summed E-state index contributed by atoms with van der Waals surface area (Å²) in [5, 5.41) is 3.56. The second kappa shape index (κ2) is 5.98. The van der Waals surface area contributed by atoms with E-state index in [2.05, 4.69) is 27.9 Å². The molecule has 0 radical (unpaired) electrons. The molecule has 0 aromatic heterocycles. The smallest absolute Gasteiger partial charge is 0.255 e. The van der Waals surface area contributed by atoms with Gasteiger partial charge in [-0.05, 0) is 59.0 Å². The van der Waals surface area contributed by atoms with Gasteiger partial charge in [-0.1, -0.05) is 23.2 Å². The Morgan fingerprint density at radius 2 is 1.84 bits per heavy atom. The quantitative estimate of drug-likeness (QED) is 0.572. The lowest BCUT2D eigenvalue weighted by Crippen LogP contribution is -2.12. The van der Waals surface area contributed by atoms with Gasteiger partial charge in [0.25, 0.3) is 5.91 Å². The minimum absolute atomic E-state index is 0.287. The van der Waals surface area contributed by atoms with E-state index < -0.39 is 0 Å². The minimum Gasteiger partial charge on any atom is -0.398 e. The van der Waals surface area contributed by atoms with Crippen LogP contribution >= 0.6 is 45.8 Å². The van der Waals surface area contributed by atoms with E-state index in [0.29, 0.717) is 27.0 Å². The number of rotatable bonds is 2. The minimum atomic E-state index is -0.287. The summed E-state index contributed by atoms with van der Waals surface area (Å²) in [6.45, 7) is 0. The van der Waals surface area contributed by atoms with Gasteiger partial charge in [0.2, 0.25) is 0 Å². The number of carbonyl (C=O) groups is 1. The number of nitrogen functional groups attached to an aromatic ring is 1. The van der Waals surface area contributed by atoms with Crippen LogP contribution in [-0.4, -0.2) is 5.91 Å². The number of benzene rings is 2. The molecular weight excluding hydrogens is 398 g/mol. The van der Waals surface area contributed by atoms with Crippen LogP contribution in [0.1, 0.15) is 10.4 Å². The first-order chi connectivity index (χ1) is 8.97. The molecule has 2 aromatic rings. The summed E-state index contributed by atoms with van der Waals surface area (Å²) in [6, 6.07) is 10.1. The van der Waals surface area contributed by atoms with Crippen LogP contribution in [0.25, 0.3) is 0 Å². The van der Waals surface area contributed by atoms with Gasteiger partial charge in [-0.15, -0.1) is 0 Å². The summed E-state index contributed by atoms with van der Waals surface area (Å²) < 4.78 is 0.996. The molecule has 98 valence electrons. The maximum absolute atomic E-state index is 12.0. The maximum Gasteiger partial charge on any atom is 0.255 e. The van der Waals surface area contributed by atoms with E-state index in [0.717, 1.165) is 3.57 Å². The number of hydrogen-bond donors (Lipinski definition) is 2. The Labute approximate surface area is 134 Å². The highest BCUT2D eigenvalue weighted by Crippen LogP contribution is 2.25. The van der Waals surface area contributed by atoms with E-state index in [-0.39, 0.29) is 5.91 Å². The van der Waals surface area contributed by atoms with Crippen molar-refractivity contribution in [2.45, 2.75) is 0 Å². The molecule has 2 aromatic carbocycles. The van der Waals surface area contributed by atoms with Crippen LogP contribution in [0, 0.1) is 3.57 Å². The van der Waals surface area contributed by atoms with Crippen LogP contribution in [0.3, 0.4) is 0 Å². The molecule has 3 nitrogen and oxygen atoms in total. The molecule has 0 atom stereocenters. The molecule has 0 aliphatic carbocycles. The van der Waals surface area contributed by atoms with E-state index in [1.54, 1.807) is 24.3 Å². The van der Waals surface area contributed by atoms with Crippen molar-refractivity contribution >= 4 is 63.1 Å². The molecule has 0 bridgehead atoms. The average Bonchev–Trinajstić information content (AvgIpc) is 2.36. The topological polar surface area (TPSA) is 55.1 Å². The van der Waals surface area contributed by atoms with Gasteiger partial charge in [0.05, 0.1) is 21.4 Å². The van der Waals surface area contributed by atoms with Crippen LogP contribution in [0.4, 0.5) is 11.4 Å². The fraction of sp³-hybridized carbons (Fsp3) is 0. The number of nitrogens with two attached hydrogens (primary N) is 1. The van der Waals surface area contributed by atoms with Gasteiger partial charge in [-0.25, -0.2) is 0 Å². The van der Waals surface area contributed by atoms with Crippen molar-refractivity contribution in [1.82, 2.24) is 0 Å². The van der Waals surface area contributed by atoms with Gasteiger partial charge in [0.15, 0.2) is 0 Å². The summed E-state index contributed by atoms with van der Waals surface area (Å²) >= 11 is 14.1. The highest BCUT2D eigenvalue weighted by molar-refractivity contribution is 14.1.